The van der Waals surface area contributed by atoms with E-state index in [-0.39, 0.29) is 11.7 Å². The molecule has 0 aromatic heterocycles. The summed E-state index contributed by atoms with van der Waals surface area (Å²) in [7, 11) is -0.0671. The molecule has 0 rings (SSSR count). The molecule has 0 fully saturated rings. The topological polar surface area (TPSA) is 83.5 Å². The summed E-state index contributed by atoms with van der Waals surface area (Å²) in [5.41, 5.74) is 0.383. The second kappa shape index (κ2) is 8.39. The second-order valence-electron chi connectivity index (χ2n) is 5.62. The van der Waals surface area contributed by atoms with Crippen molar-refractivity contribution in [2.24, 2.45) is 0 Å². The number of likely N-dealkylation sites (N-methyl/N-ethyl adjacent to an activating group) is 1. The lowest BCUT2D eigenvalue weighted by molar-refractivity contribution is -0.890. The molecule has 0 aliphatic carbocycles. The average Bonchev–Trinajstić information content (AvgIpc) is 2.26. The Morgan fingerprint density at radius 3 is 2.30 bits per heavy atom. The number of carbonyl (C=O) groups excluding carboxylic acids is 1. The molecule has 0 aromatic rings. The summed E-state index contributed by atoms with van der Waals surface area (Å²) in [5.74, 6) is -0.679. The summed E-state index contributed by atoms with van der Waals surface area (Å²) < 4.78 is 37.0. The smallest absolute Gasteiger partial charge is 0.333 e. The van der Waals surface area contributed by atoms with Gasteiger partial charge in [0, 0.05) is 11.3 Å². The minimum Gasteiger partial charge on any atom is -0.748 e. The molecule has 0 aliphatic rings. The lowest BCUT2D eigenvalue weighted by atomic mass is 10.2. The third-order valence-electron chi connectivity index (χ3n) is 2.94. The highest BCUT2D eigenvalue weighted by molar-refractivity contribution is 7.85. The van der Waals surface area contributed by atoms with E-state index in [1.165, 1.54) is 0 Å². The Labute approximate surface area is 121 Å². The van der Waals surface area contributed by atoms with E-state index in [0.717, 1.165) is 13.0 Å². The Hall–Kier alpha value is -0.920. The van der Waals surface area contributed by atoms with Crippen molar-refractivity contribution >= 4 is 16.1 Å². The van der Waals surface area contributed by atoms with Crippen molar-refractivity contribution in [2.75, 3.05) is 39.5 Å². The van der Waals surface area contributed by atoms with Gasteiger partial charge in [-0.15, -0.1) is 0 Å². The van der Waals surface area contributed by atoms with Crippen LogP contribution in [0.15, 0.2) is 12.2 Å². The molecule has 6 nitrogen and oxygen atoms in total. The monoisotopic (exact) mass is 307 g/mol. The molecule has 0 saturated carbocycles. The van der Waals surface area contributed by atoms with Crippen LogP contribution in [0.2, 0.25) is 0 Å². The molecular weight excluding hydrogens is 282 g/mol. The molecule has 0 bridgehead atoms. The van der Waals surface area contributed by atoms with Crippen LogP contribution in [-0.2, 0) is 19.6 Å². The molecule has 0 aliphatic heterocycles. The van der Waals surface area contributed by atoms with Gasteiger partial charge in [-0.3, -0.25) is 0 Å². The fourth-order valence-electron chi connectivity index (χ4n) is 1.62. The van der Waals surface area contributed by atoms with E-state index in [4.69, 9.17) is 4.74 Å². The first-order valence-corrected chi connectivity index (χ1v) is 8.19. The zero-order valence-corrected chi connectivity index (χ0v) is 13.4. The number of ether oxygens (including phenoxy) is 1. The highest BCUT2D eigenvalue weighted by Gasteiger charge is 2.15. The van der Waals surface area contributed by atoms with Crippen LogP contribution in [0.3, 0.4) is 0 Å². The van der Waals surface area contributed by atoms with E-state index in [0.29, 0.717) is 36.0 Å². The first kappa shape index (κ1) is 19.1. The van der Waals surface area contributed by atoms with Gasteiger partial charge in [-0.1, -0.05) is 6.58 Å². The highest BCUT2D eigenvalue weighted by Crippen LogP contribution is 2.05. The first-order chi connectivity index (χ1) is 9.03. The Morgan fingerprint density at radius 2 is 1.80 bits per heavy atom. The van der Waals surface area contributed by atoms with Gasteiger partial charge in [-0.05, 0) is 26.2 Å². The van der Waals surface area contributed by atoms with Gasteiger partial charge in [0.05, 0.1) is 30.8 Å². The van der Waals surface area contributed by atoms with Gasteiger partial charge < -0.3 is 13.8 Å². The number of carbonyl (C=O) groups is 1. The van der Waals surface area contributed by atoms with E-state index in [1.807, 2.05) is 14.1 Å². The molecule has 118 valence electrons. The average molecular weight is 307 g/mol. The van der Waals surface area contributed by atoms with Gasteiger partial charge in [0.25, 0.3) is 0 Å². The maximum absolute atomic E-state index is 11.2. The van der Waals surface area contributed by atoms with Crippen LogP contribution in [0.25, 0.3) is 0 Å². The van der Waals surface area contributed by atoms with Crippen LogP contribution in [0.4, 0.5) is 0 Å². The standard InChI is InChI=1S/C13H25NO5S/c1-12(2)13(15)19-10-9-14(3,4)8-6-5-7-11-20(16,17)18/h1,5-11H2,2-4H3. The first-order valence-electron chi connectivity index (χ1n) is 6.62. The molecule has 0 atom stereocenters. The Bertz CT molecular complexity index is 428. The van der Waals surface area contributed by atoms with Crippen molar-refractivity contribution in [2.45, 2.75) is 26.2 Å². The number of hydrogen-bond acceptors (Lipinski definition) is 5. The van der Waals surface area contributed by atoms with Crippen molar-refractivity contribution < 1.29 is 27.0 Å². The van der Waals surface area contributed by atoms with Gasteiger partial charge in [0.2, 0.25) is 0 Å². The summed E-state index contributed by atoms with van der Waals surface area (Å²) in [4.78, 5) is 11.2. The number of quaternary nitrogens is 1. The van der Waals surface area contributed by atoms with Crippen molar-refractivity contribution in [3.05, 3.63) is 12.2 Å². The normalized spacial score (nSPS) is 12.2. The molecule has 0 saturated heterocycles. The Kier molecular flexibility index (Phi) is 8.00. The highest BCUT2D eigenvalue weighted by atomic mass is 32.2. The van der Waals surface area contributed by atoms with Crippen molar-refractivity contribution in [3.8, 4) is 0 Å². The summed E-state index contributed by atoms with van der Waals surface area (Å²) in [5, 5.41) is 0. The zero-order chi connectivity index (χ0) is 15.8. The maximum Gasteiger partial charge on any atom is 0.333 e. The van der Waals surface area contributed by atoms with Crippen LogP contribution < -0.4 is 0 Å². The quantitative estimate of drug-likeness (QED) is 0.197. The number of unbranched alkanes of at least 4 members (excludes halogenated alkanes) is 2. The van der Waals surface area contributed by atoms with Crippen LogP contribution in [-0.4, -0.2) is 63.0 Å². The summed E-state index contributed by atoms with van der Waals surface area (Å²) in [6.07, 6.45) is 1.93. The summed E-state index contributed by atoms with van der Waals surface area (Å²) >= 11 is 0. The van der Waals surface area contributed by atoms with E-state index < -0.39 is 10.1 Å². The van der Waals surface area contributed by atoms with Crippen LogP contribution in [0, 0.1) is 0 Å². The Morgan fingerprint density at radius 1 is 1.20 bits per heavy atom. The molecular formula is C13H25NO5S. The van der Waals surface area contributed by atoms with Crippen molar-refractivity contribution in [3.63, 3.8) is 0 Å². The predicted molar refractivity (Wildman–Crippen MR) is 76.0 cm³/mol. The van der Waals surface area contributed by atoms with E-state index in [2.05, 4.69) is 6.58 Å². The lowest BCUT2D eigenvalue weighted by Gasteiger charge is -2.29. The molecule has 0 N–H and O–H groups in total. The van der Waals surface area contributed by atoms with Gasteiger partial charge >= 0.3 is 5.97 Å². The van der Waals surface area contributed by atoms with Crippen molar-refractivity contribution in [1.82, 2.24) is 0 Å². The van der Waals surface area contributed by atoms with E-state index in [9.17, 15) is 17.8 Å². The molecule has 0 spiro atoms. The SMILES string of the molecule is C=C(C)C(=O)OCC[N+](C)(C)CCCCCS(=O)(=O)[O-]. The maximum atomic E-state index is 11.2. The Balaban J connectivity index is 3.79. The minimum atomic E-state index is -4.09. The van der Waals surface area contributed by atoms with E-state index in [1.54, 1.807) is 6.92 Å². The van der Waals surface area contributed by atoms with Crippen LogP contribution >= 0.6 is 0 Å². The predicted octanol–water partition coefficient (Wildman–Crippen LogP) is 0.898. The largest absolute Gasteiger partial charge is 0.748 e. The lowest BCUT2D eigenvalue weighted by Crippen LogP contribution is -2.43. The number of hydrogen-bond donors (Lipinski definition) is 0. The molecule has 20 heavy (non-hydrogen) atoms. The minimum absolute atomic E-state index is 0.295. The van der Waals surface area contributed by atoms with Crippen LogP contribution in [0.1, 0.15) is 26.2 Å². The fourth-order valence-corrected chi connectivity index (χ4v) is 2.17. The third kappa shape index (κ3) is 11.0. The van der Waals surface area contributed by atoms with Gasteiger partial charge in [-0.25, -0.2) is 13.2 Å². The van der Waals surface area contributed by atoms with Gasteiger partial charge in [-0.2, -0.15) is 0 Å². The van der Waals surface area contributed by atoms with Crippen molar-refractivity contribution in [1.29, 1.82) is 0 Å². The summed E-state index contributed by atoms with van der Waals surface area (Å²) in [6, 6.07) is 0. The number of nitrogens with zero attached hydrogens (tertiary/aromatic N) is 1. The molecule has 0 radical (unpaired) electrons. The van der Waals surface area contributed by atoms with Crippen LogP contribution in [0.5, 0.6) is 0 Å². The molecule has 0 heterocycles. The van der Waals surface area contributed by atoms with Gasteiger partial charge in [0.1, 0.15) is 13.2 Å². The number of esters is 1. The summed E-state index contributed by atoms with van der Waals surface area (Å²) in [6.45, 7) is 6.95. The fraction of sp³-hybridized carbons (Fsp3) is 0.769. The molecule has 0 aromatic carbocycles. The van der Waals surface area contributed by atoms with Gasteiger partial charge in [0.15, 0.2) is 0 Å². The molecule has 0 unspecified atom stereocenters. The second-order valence-corrected chi connectivity index (χ2v) is 7.15. The molecule has 0 amide bonds. The zero-order valence-electron chi connectivity index (χ0n) is 12.6. The number of rotatable bonds is 10. The molecule has 7 heteroatoms. The van der Waals surface area contributed by atoms with E-state index >= 15 is 0 Å². The third-order valence-corrected chi connectivity index (χ3v) is 3.72.